The van der Waals surface area contributed by atoms with Crippen LogP contribution < -0.4 is 0 Å². The van der Waals surface area contributed by atoms with E-state index in [0.717, 1.165) is 5.56 Å². The Morgan fingerprint density at radius 2 is 2.16 bits per heavy atom. The van der Waals surface area contributed by atoms with Crippen LogP contribution in [0.25, 0.3) is 6.08 Å². The van der Waals surface area contributed by atoms with Crippen LogP contribution in [0.2, 0.25) is 5.15 Å². The van der Waals surface area contributed by atoms with Crippen LogP contribution in [0.3, 0.4) is 0 Å². The summed E-state index contributed by atoms with van der Waals surface area (Å²) in [5, 5.41) is 13.7. The fraction of sp³-hybridized carbons (Fsp3) is 0.167. The first kappa shape index (κ1) is 18.4. The van der Waals surface area contributed by atoms with Crippen LogP contribution in [0.1, 0.15) is 16.8 Å². The zero-order valence-corrected chi connectivity index (χ0v) is 14.3. The van der Waals surface area contributed by atoms with Gasteiger partial charge in [-0.3, -0.25) is 0 Å². The molecule has 0 spiro atoms. The van der Waals surface area contributed by atoms with E-state index in [4.69, 9.17) is 21.6 Å². The molecule has 0 saturated carbocycles. The lowest BCUT2D eigenvalue weighted by atomic mass is 10.1. The van der Waals surface area contributed by atoms with Crippen molar-refractivity contribution in [3.05, 3.63) is 70.3 Å². The Balaban J connectivity index is 2.30. The molecule has 0 aliphatic carbocycles. The van der Waals surface area contributed by atoms with Gasteiger partial charge in [-0.1, -0.05) is 36.4 Å². The van der Waals surface area contributed by atoms with Crippen LogP contribution in [0.5, 0.6) is 0 Å². The molecule has 0 saturated heterocycles. The molecule has 25 heavy (non-hydrogen) atoms. The highest BCUT2D eigenvalue weighted by molar-refractivity contribution is 6.31. The molecule has 0 N–H and O–H groups in total. The predicted molar refractivity (Wildman–Crippen MR) is 92.2 cm³/mol. The van der Waals surface area contributed by atoms with Crippen molar-refractivity contribution < 1.29 is 13.9 Å². The average molecular weight is 360 g/mol. The molecule has 2 rings (SSSR count). The van der Waals surface area contributed by atoms with E-state index in [9.17, 15) is 9.18 Å². The van der Waals surface area contributed by atoms with Gasteiger partial charge in [-0.05, 0) is 30.7 Å². The molecular formula is C18H15ClFN3O2. The van der Waals surface area contributed by atoms with Gasteiger partial charge in [-0.25, -0.2) is 13.9 Å². The summed E-state index contributed by atoms with van der Waals surface area (Å²) < 4.78 is 19.4. The van der Waals surface area contributed by atoms with Crippen LogP contribution >= 0.6 is 11.6 Å². The summed E-state index contributed by atoms with van der Waals surface area (Å²) in [6, 6.07) is 7.76. The maximum absolute atomic E-state index is 13.0. The van der Waals surface area contributed by atoms with Gasteiger partial charge >= 0.3 is 5.97 Å². The fourth-order valence-corrected chi connectivity index (χ4v) is 2.38. The van der Waals surface area contributed by atoms with E-state index in [1.165, 1.54) is 29.0 Å². The zero-order valence-electron chi connectivity index (χ0n) is 13.5. The number of carbonyl (C=O) groups is 1. The normalized spacial score (nSPS) is 11.0. The Kier molecular flexibility index (Phi) is 6.09. The molecule has 1 aromatic carbocycles. The number of esters is 1. The summed E-state index contributed by atoms with van der Waals surface area (Å²) in [6.07, 6.45) is 2.75. The van der Waals surface area contributed by atoms with E-state index in [1.54, 1.807) is 25.1 Å². The number of nitriles is 1. The Morgan fingerprint density at radius 1 is 1.48 bits per heavy atom. The van der Waals surface area contributed by atoms with Crippen molar-refractivity contribution in [1.82, 2.24) is 9.78 Å². The average Bonchev–Trinajstić information content (AvgIpc) is 2.86. The van der Waals surface area contributed by atoms with Gasteiger partial charge in [-0.15, -0.1) is 0 Å². The molecule has 1 aromatic heterocycles. The van der Waals surface area contributed by atoms with Crippen LogP contribution in [0.4, 0.5) is 4.39 Å². The SMILES string of the molecule is C=CCOC(=O)/C(C#N)=C\c1c(C)nn(Cc2ccc(F)cc2)c1Cl. The van der Waals surface area contributed by atoms with Crippen molar-refractivity contribution in [2.24, 2.45) is 0 Å². The number of aryl methyl sites for hydroxylation is 1. The van der Waals surface area contributed by atoms with Gasteiger partial charge in [0.25, 0.3) is 0 Å². The molecule has 0 amide bonds. The number of hydrogen-bond donors (Lipinski definition) is 0. The molecule has 0 unspecified atom stereocenters. The minimum Gasteiger partial charge on any atom is -0.457 e. The van der Waals surface area contributed by atoms with E-state index in [2.05, 4.69) is 11.7 Å². The molecule has 1 heterocycles. The van der Waals surface area contributed by atoms with Gasteiger partial charge in [0.2, 0.25) is 0 Å². The van der Waals surface area contributed by atoms with Gasteiger partial charge < -0.3 is 4.74 Å². The van der Waals surface area contributed by atoms with Crippen molar-refractivity contribution in [3.63, 3.8) is 0 Å². The highest BCUT2D eigenvalue weighted by Crippen LogP contribution is 2.24. The number of ether oxygens (including phenoxy) is 1. The van der Waals surface area contributed by atoms with Gasteiger partial charge in [0, 0.05) is 5.56 Å². The largest absolute Gasteiger partial charge is 0.457 e. The molecule has 0 radical (unpaired) electrons. The Labute approximate surface area is 149 Å². The van der Waals surface area contributed by atoms with Crippen LogP contribution in [0, 0.1) is 24.1 Å². The van der Waals surface area contributed by atoms with Crippen molar-refractivity contribution in [3.8, 4) is 6.07 Å². The van der Waals surface area contributed by atoms with E-state index >= 15 is 0 Å². The van der Waals surface area contributed by atoms with Crippen molar-refractivity contribution in [1.29, 1.82) is 5.26 Å². The second kappa shape index (κ2) is 8.27. The van der Waals surface area contributed by atoms with Gasteiger partial charge in [0.1, 0.15) is 29.2 Å². The minimum atomic E-state index is -0.760. The molecule has 0 aliphatic rings. The monoisotopic (exact) mass is 359 g/mol. The maximum atomic E-state index is 13.0. The molecule has 0 atom stereocenters. The quantitative estimate of drug-likeness (QED) is 0.341. The third kappa shape index (κ3) is 4.55. The van der Waals surface area contributed by atoms with Gasteiger partial charge in [0.05, 0.1) is 12.2 Å². The number of hydrogen-bond acceptors (Lipinski definition) is 4. The number of nitrogens with zero attached hydrogens (tertiary/aromatic N) is 3. The molecule has 128 valence electrons. The van der Waals surface area contributed by atoms with Crippen LogP contribution in [-0.4, -0.2) is 22.4 Å². The third-order valence-corrected chi connectivity index (χ3v) is 3.71. The minimum absolute atomic E-state index is 0.00833. The van der Waals surface area contributed by atoms with E-state index in [1.807, 2.05) is 0 Å². The van der Waals surface area contributed by atoms with Crippen LogP contribution in [-0.2, 0) is 16.1 Å². The highest BCUT2D eigenvalue weighted by atomic mass is 35.5. The molecule has 0 bridgehead atoms. The highest BCUT2D eigenvalue weighted by Gasteiger charge is 2.16. The summed E-state index contributed by atoms with van der Waals surface area (Å²) in [5.74, 6) is -1.09. The first-order valence-corrected chi connectivity index (χ1v) is 7.71. The summed E-state index contributed by atoms with van der Waals surface area (Å²) in [6.45, 7) is 5.49. The first-order valence-electron chi connectivity index (χ1n) is 7.33. The van der Waals surface area contributed by atoms with Crippen molar-refractivity contribution in [2.45, 2.75) is 13.5 Å². The van der Waals surface area contributed by atoms with Gasteiger partial charge in [-0.2, -0.15) is 10.4 Å². The molecule has 7 heteroatoms. The summed E-state index contributed by atoms with van der Waals surface area (Å²) in [5.41, 5.74) is 1.63. The van der Waals surface area contributed by atoms with E-state index in [0.29, 0.717) is 17.8 Å². The van der Waals surface area contributed by atoms with Crippen molar-refractivity contribution in [2.75, 3.05) is 6.61 Å². The smallest absolute Gasteiger partial charge is 0.349 e. The molecule has 0 fully saturated rings. The maximum Gasteiger partial charge on any atom is 0.349 e. The standard InChI is InChI=1S/C18H15ClFN3O2/c1-3-8-25-18(24)14(10-21)9-16-12(2)22-23(17(16)19)11-13-4-6-15(20)7-5-13/h3-7,9H,1,8,11H2,2H3/b14-9-. The number of halogens is 2. The second-order valence-corrected chi connectivity index (χ2v) is 5.49. The molecule has 0 aliphatic heterocycles. The van der Waals surface area contributed by atoms with E-state index < -0.39 is 5.97 Å². The lowest BCUT2D eigenvalue weighted by molar-refractivity contribution is -0.137. The topological polar surface area (TPSA) is 67.9 Å². The number of rotatable bonds is 6. The lowest BCUT2D eigenvalue weighted by Crippen LogP contribution is -2.06. The van der Waals surface area contributed by atoms with Gasteiger partial charge in [0.15, 0.2) is 0 Å². The summed E-state index contributed by atoms with van der Waals surface area (Å²) in [7, 11) is 0. The Bertz CT molecular complexity index is 864. The predicted octanol–water partition coefficient (Wildman–Crippen LogP) is 3.67. The fourth-order valence-electron chi connectivity index (χ4n) is 2.09. The molecule has 2 aromatic rings. The van der Waals surface area contributed by atoms with Crippen molar-refractivity contribution >= 4 is 23.6 Å². The number of carbonyl (C=O) groups excluding carboxylic acids is 1. The number of aromatic nitrogens is 2. The third-order valence-electron chi connectivity index (χ3n) is 3.32. The van der Waals surface area contributed by atoms with E-state index in [-0.39, 0.29) is 23.2 Å². The second-order valence-electron chi connectivity index (χ2n) is 5.13. The lowest BCUT2D eigenvalue weighted by Gasteiger charge is -2.04. The summed E-state index contributed by atoms with van der Waals surface area (Å²) in [4.78, 5) is 11.8. The zero-order chi connectivity index (χ0) is 18.4. The molecule has 5 nitrogen and oxygen atoms in total. The Morgan fingerprint density at radius 3 is 2.76 bits per heavy atom. The molecular weight excluding hydrogens is 345 g/mol. The summed E-state index contributed by atoms with van der Waals surface area (Å²) >= 11 is 6.32. The van der Waals surface area contributed by atoms with Crippen LogP contribution in [0.15, 0.2) is 42.5 Å². The number of benzene rings is 1. The first-order chi connectivity index (χ1) is 12.0. The Hall–Kier alpha value is -2.91.